The lowest BCUT2D eigenvalue weighted by atomic mass is 10.2. The SMILES string of the molecule is COc1ccc(N)c(NC(=O)CSCc2c(C)noc2C)c1. The van der Waals surface area contributed by atoms with Crippen molar-refractivity contribution >= 4 is 29.0 Å². The molecule has 1 heterocycles. The summed E-state index contributed by atoms with van der Waals surface area (Å²) in [6.07, 6.45) is 0. The summed E-state index contributed by atoms with van der Waals surface area (Å²) in [6, 6.07) is 5.15. The first-order valence-corrected chi connectivity index (χ1v) is 7.89. The van der Waals surface area contributed by atoms with Crippen LogP contribution in [0.15, 0.2) is 22.7 Å². The first kappa shape index (κ1) is 16.2. The van der Waals surface area contributed by atoms with Gasteiger partial charge in [-0.05, 0) is 26.0 Å². The Morgan fingerprint density at radius 3 is 2.86 bits per heavy atom. The van der Waals surface area contributed by atoms with Gasteiger partial charge in [-0.1, -0.05) is 5.16 Å². The lowest BCUT2D eigenvalue weighted by Gasteiger charge is -2.09. The van der Waals surface area contributed by atoms with E-state index in [1.165, 1.54) is 11.8 Å². The number of nitrogens with one attached hydrogen (secondary N) is 1. The zero-order chi connectivity index (χ0) is 16.1. The molecule has 3 N–H and O–H groups in total. The normalized spacial score (nSPS) is 10.5. The number of carbonyl (C=O) groups is 1. The fourth-order valence-corrected chi connectivity index (χ4v) is 2.89. The van der Waals surface area contributed by atoms with Gasteiger partial charge in [0, 0.05) is 17.4 Å². The highest BCUT2D eigenvalue weighted by Crippen LogP contribution is 2.25. The Morgan fingerprint density at radius 1 is 1.45 bits per heavy atom. The van der Waals surface area contributed by atoms with Crippen LogP contribution in [0.3, 0.4) is 0 Å². The molecule has 118 valence electrons. The Morgan fingerprint density at radius 2 is 2.23 bits per heavy atom. The third-order valence-electron chi connectivity index (χ3n) is 3.20. The van der Waals surface area contributed by atoms with E-state index in [4.69, 9.17) is 15.0 Å². The number of aromatic nitrogens is 1. The molecule has 0 radical (unpaired) electrons. The van der Waals surface area contributed by atoms with Crippen LogP contribution < -0.4 is 15.8 Å². The molecule has 2 rings (SSSR count). The number of amides is 1. The molecule has 0 saturated carbocycles. The standard InChI is InChI=1S/C15H19N3O3S/c1-9-12(10(2)21-18-9)7-22-8-15(19)17-14-6-11(20-3)4-5-13(14)16/h4-6H,7-8,16H2,1-3H3,(H,17,19). The van der Waals surface area contributed by atoms with Gasteiger partial charge in [0.1, 0.15) is 11.5 Å². The van der Waals surface area contributed by atoms with Crippen LogP contribution in [-0.4, -0.2) is 23.9 Å². The molecule has 0 aliphatic heterocycles. The number of nitrogens with zero attached hydrogens (tertiary/aromatic N) is 1. The second-order valence-corrected chi connectivity index (χ2v) is 5.78. The Bertz CT molecular complexity index is 651. The minimum Gasteiger partial charge on any atom is -0.497 e. The van der Waals surface area contributed by atoms with E-state index in [0.29, 0.717) is 28.6 Å². The number of hydrogen-bond acceptors (Lipinski definition) is 6. The molecule has 0 spiro atoms. The number of hydrogen-bond donors (Lipinski definition) is 2. The van der Waals surface area contributed by atoms with Gasteiger partial charge in [0.2, 0.25) is 5.91 Å². The van der Waals surface area contributed by atoms with Crippen LogP contribution in [0.25, 0.3) is 0 Å². The monoisotopic (exact) mass is 321 g/mol. The van der Waals surface area contributed by atoms with Gasteiger partial charge in [0.25, 0.3) is 0 Å². The van der Waals surface area contributed by atoms with Gasteiger partial charge in [-0.15, -0.1) is 11.8 Å². The summed E-state index contributed by atoms with van der Waals surface area (Å²) in [5.74, 6) is 2.33. The van der Waals surface area contributed by atoms with Gasteiger partial charge in [-0.2, -0.15) is 0 Å². The topological polar surface area (TPSA) is 90.4 Å². The van der Waals surface area contributed by atoms with Crippen molar-refractivity contribution in [1.82, 2.24) is 5.16 Å². The van der Waals surface area contributed by atoms with E-state index in [0.717, 1.165) is 17.0 Å². The maximum Gasteiger partial charge on any atom is 0.234 e. The highest BCUT2D eigenvalue weighted by atomic mass is 32.2. The van der Waals surface area contributed by atoms with Crippen LogP contribution in [0.2, 0.25) is 0 Å². The van der Waals surface area contributed by atoms with Crippen molar-refractivity contribution in [2.75, 3.05) is 23.9 Å². The molecule has 0 fully saturated rings. The molecule has 2 aromatic rings. The molecule has 6 nitrogen and oxygen atoms in total. The summed E-state index contributed by atoms with van der Waals surface area (Å²) in [6.45, 7) is 3.76. The minimum atomic E-state index is -0.114. The largest absolute Gasteiger partial charge is 0.497 e. The van der Waals surface area contributed by atoms with E-state index < -0.39 is 0 Å². The molecule has 22 heavy (non-hydrogen) atoms. The second-order valence-electron chi connectivity index (χ2n) is 4.80. The van der Waals surface area contributed by atoms with E-state index in [9.17, 15) is 4.79 Å². The van der Waals surface area contributed by atoms with Crippen LogP contribution in [0.1, 0.15) is 17.0 Å². The molecule has 0 unspecified atom stereocenters. The molecule has 0 bridgehead atoms. The predicted molar refractivity (Wildman–Crippen MR) is 88.2 cm³/mol. The third kappa shape index (κ3) is 3.94. The summed E-state index contributed by atoms with van der Waals surface area (Å²) >= 11 is 1.50. The lowest BCUT2D eigenvalue weighted by molar-refractivity contribution is -0.113. The third-order valence-corrected chi connectivity index (χ3v) is 4.15. The number of anilines is 2. The molecular formula is C15H19N3O3S. The summed E-state index contributed by atoms with van der Waals surface area (Å²) < 4.78 is 10.2. The van der Waals surface area contributed by atoms with Gasteiger partial charge in [0.15, 0.2) is 0 Å². The molecule has 7 heteroatoms. The van der Waals surface area contributed by atoms with Crippen LogP contribution in [-0.2, 0) is 10.5 Å². The Labute approximate surface area is 133 Å². The number of nitrogens with two attached hydrogens (primary N) is 1. The van der Waals surface area contributed by atoms with E-state index in [-0.39, 0.29) is 5.91 Å². The van der Waals surface area contributed by atoms with E-state index in [1.807, 2.05) is 13.8 Å². The number of rotatable bonds is 6. The van der Waals surface area contributed by atoms with Gasteiger partial charge < -0.3 is 20.3 Å². The zero-order valence-corrected chi connectivity index (χ0v) is 13.6. The van der Waals surface area contributed by atoms with E-state index in [2.05, 4.69) is 10.5 Å². The molecule has 1 aromatic heterocycles. The average molecular weight is 321 g/mol. The molecule has 0 saturated heterocycles. The first-order chi connectivity index (χ1) is 10.5. The van der Waals surface area contributed by atoms with Gasteiger partial charge in [0.05, 0.1) is 29.9 Å². The molecule has 1 aromatic carbocycles. The maximum atomic E-state index is 12.0. The van der Waals surface area contributed by atoms with Gasteiger partial charge >= 0.3 is 0 Å². The molecule has 0 aliphatic rings. The quantitative estimate of drug-likeness (QED) is 0.795. The van der Waals surface area contributed by atoms with Crippen molar-refractivity contribution in [2.45, 2.75) is 19.6 Å². The Hall–Kier alpha value is -2.15. The highest BCUT2D eigenvalue weighted by molar-refractivity contribution is 7.99. The summed E-state index contributed by atoms with van der Waals surface area (Å²) in [5, 5.41) is 6.68. The molecule has 1 amide bonds. The number of methoxy groups -OCH3 is 1. The van der Waals surface area contributed by atoms with Crippen molar-refractivity contribution in [1.29, 1.82) is 0 Å². The molecular weight excluding hydrogens is 302 g/mol. The fourth-order valence-electron chi connectivity index (χ4n) is 1.91. The predicted octanol–water partition coefficient (Wildman–Crippen LogP) is 2.75. The number of ether oxygens (including phenoxy) is 1. The van der Waals surface area contributed by atoms with Crippen molar-refractivity contribution in [3.05, 3.63) is 35.2 Å². The van der Waals surface area contributed by atoms with Crippen LogP contribution >= 0.6 is 11.8 Å². The van der Waals surface area contributed by atoms with E-state index in [1.54, 1.807) is 25.3 Å². The molecule has 0 atom stereocenters. The van der Waals surface area contributed by atoms with Crippen LogP contribution in [0.4, 0.5) is 11.4 Å². The number of benzene rings is 1. The van der Waals surface area contributed by atoms with E-state index >= 15 is 0 Å². The van der Waals surface area contributed by atoms with Crippen molar-refractivity contribution in [3.63, 3.8) is 0 Å². The van der Waals surface area contributed by atoms with Gasteiger partial charge in [-0.25, -0.2) is 0 Å². The first-order valence-electron chi connectivity index (χ1n) is 6.74. The zero-order valence-electron chi connectivity index (χ0n) is 12.8. The maximum absolute atomic E-state index is 12.0. The Kier molecular flexibility index (Phi) is 5.32. The molecule has 0 aliphatic carbocycles. The highest BCUT2D eigenvalue weighted by Gasteiger charge is 2.11. The van der Waals surface area contributed by atoms with Crippen LogP contribution in [0, 0.1) is 13.8 Å². The number of thioether (sulfide) groups is 1. The average Bonchev–Trinajstić information content (AvgIpc) is 2.81. The van der Waals surface area contributed by atoms with Gasteiger partial charge in [-0.3, -0.25) is 4.79 Å². The summed E-state index contributed by atoms with van der Waals surface area (Å²) in [5.41, 5.74) is 8.81. The number of nitrogen functional groups attached to an aromatic ring is 1. The Balaban J connectivity index is 1.88. The number of aryl methyl sites for hydroxylation is 2. The summed E-state index contributed by atoms with van der Waals surface area (Å²) in [4.78, 5) is 12.0. The second kappa shape index (κ2) is 7.22. The minimum absolute atomic E-state index is 0.114. The van der Waals surface area contributed by atoms with Crippen molar-refractivity contribution in [3.8, 4) is 5.75 Å². The smallest absolute Gasteiger partial charge is 0.234 e. The summed E-state index contributed by atoms with van der Waals surface area (Å²) in [7, 11) is 1.57. The van der Waals surface area contributed by atoms with Crippen LogP contribution in [0.5, 0.6) is 5.75 Å². The fraction of sp³-hybridized carbons (Fsp3) is 0.333. The lowest BCUT2D eigenvalue weighted by Crippen LogP contribution is -2.15. The van der Waals surface area contributed by atoms with Crippen molar-refractivity contribution in [2.24, 2.45) is 0 Å². The van der Waals surface area contributed by atoms with Crippen molar-refractivity contribution < 1.29 is 14.1 Å². The number of carbonyl (C=O) groups excluding carboxylic acids is 1.